The summed E-state index contributed by atoms with van der Waals surface area (Å²) in [5, 5.41) is 7.48. The molecule has 0 bridgehead atoms. The first-order valence-corrected chi connectivity index (χ1v) is 12.4. The van der Waals surface area contributed by atoms with Crippen molar-refractivity contribution in [1.82, 2.24) is 25.9 Å². The highest BCUT2D eigenvalue weighted by molar-refractivity contribution is 4.93. The first-order valence-electron chi connectivity index (χ1n) is 12.4. The molecule has 7 atom stereocenters. The number of ether oxygens (including phenoxy) is 1. The summed E-state index contributed by atoms with van der Waals surface area (Å²) in [6.45, 7) is 6.74. The van der Waals surface area contributed by atoms with Crippen molar-refractivity contribution in [1.29, 1.82) is 0 Å². The predicted molar refractivity (Wildman–Crippen MR) is 113 cm³/mol. The molecular weight excluding hydrogens is 385 g/mol. The normalized spacial score (nSPS) is 44.5. The van der Waals surface area contributed by atoms with Crippen LogP contribution in [-0.2, 0) is 9.57 Å². The summed E-state index contributed by atoms with van der Waals surface area (Å²) in [4.78, 5) is 11.1. The van der Waals surface area contributed by atoms with E-state index in [9.17, 15) is 4.39 Å². The number of hydrogen-bond acceptors (Lipinski definition) is 7. The molecule has 1 aliphatic carbocycles. The summed E-state index contributed by atoms with van der Waals surface area (Å²) < 4.78 is 19.9. The predicted octanol–water partition coefficient (Wildman–Crippen LogP) is 1.41. The van der Waals surface area contributed by atoms with Gasteiger partial charge in [-0.3, -0.25) is 20.0 Å². The van der Waals surface area contributed by atoms with E-state index < -0.39 is 6.17 Å². The summed E-state index contributed by atoms with van der Waals surface area (Å²) in [6.07, 6.45) is 8.80. The monoisotopic (exact) mass is 425 g/mol. The Morgan fingerprint density at radius 2 is 1.80 bits per heavy atom. The van der Waals surface area contributed by atoms with Crippen LogP contribution in [0.5, 0.6) is 0 Å². The number of morpholine rings is 1. The fraction of sp³-hybridized carbons (Fsp3) is 1.00. The van der Waals surface area contributed by atoms with Crippen LogP contribution in [0.15, 0.2) is 0 Å². The molecule has 0 aromatic carbocycles. The molecule has 7 nitrogen and oxygen atoms in total. The number of nitrogens with zero attached hydrogens (tertiary/aromatic N) is 2. The topological polar surface area (TPSA) is 61.0 Å². The van der Waals surface area contributed by atoms with Gasteiger partial charge in [0.15, 0.2) is 0 Å². The smallest absolute Gasteiger partial charge is 0.146 e. The number of likely N-dealkylation sites (tertiary alicyclic amines) is 1. The van der Waals surface area contributed by atoms with Crippen LogP contribution in [0.4, 0.5) is 4.39 Å². The lowest BCUT2D eigenvalue weighted by Gasteiger charge is -2.40. The van der Waals surface area contributed by atoms with Crippen LogP contribution in [0.3, 0.4) is 0 Å². The molecule has 4 saturated heterocycles. The number of alkyl halides is 1. The molecule has 6 unspecified atom stereocenters. The second kappa shape index (κ2) is 10.1. The first-order chi connectivity index (χ1) is 14.8. The van der Waals surface area contributed by atoms with Crippen molar-refractivity contribution in [2.24, 2.45) is 11.8 Å². The number of nitrogens with one attached hydrogen (secondary N) is 3. The molecule has 5 rings (SSSR count). The maximum atomic E-state index is 14.4. The van der Waals surface area contributed by atoms with Crippen molar-refractivity contribution >= 4 is 0 Å². The van der Waals surface area contributed by atoms with E-state index in [0.29, 0.717) is 18.1 Å². The second-order valence-corrected chi connectivity index (χ2v) is 9.98. The Bertz CT molecular complexity index is 544. The van der Waals surface area contributed by atoms with Gasteiger partial charge in [-0.2, -0.15) is 5.48 Å². The van der Waals surface area contributed by atoms with E-state index in [0.717, 1.165) is 71.6 Å². The molecule has 0 spiro atoms. The van der Waals surface area contributed by atoms with Crippen molar-refractivity contribution < 1.29 is 14.0 Å². The zero-order valence-electron chi connectivity index (χ0n) is 18.2. The minimum atomic E-state index is -0.615. The van der Waals surface area contributed by atoms with Gasteiger partial charge in [-0.1, -0.05) is 12.8 Å². The van der Waals surface area contributed by atoms with Crippen LogP contribution >= 0.6 is 0 Å². The van der Waals surface area contributed by atoms with Crippen LogP contribution in [-0.4, -0.2) is 86.5 Å². The van der Waals surface area contributed by atoms with Crippen LogP contribution in [0, 0.1) is 11.8 Å². The minimum absolute atomic E-state index is 0.0103. The molecule has 0 aromatic heterocycles. The lowest BCUT2D eigenvalue weighted by atomic mass is 9.87. The Morgan fingerprint density at radius 3 is 2.60 bits per heavy atom. The van der Waals surface area contributed by atoms with Gasteiger partial charge in [0.1, 0.15) is 12.4 Å². The average Bonchev–Trinajstić information content (AvgIpc) is 3.46. The van der Waals surface area contributed by atoms with Gasteiger partial charge >= 0.3 is 0 Å². The summed E-state index contributed by atoms with van der Waals surface area (Å²) in [6, 6.07) is 0.356. The number of piperidine rings is 1. The van der Waals surface area contributed by atoms with Gasteiger partial charge in [0.25, 0.3) is 0 Å². The van der Waals surface area contributed by atoms with Gasteiger partial charge in [0, 0.05) is 38.0 Å². The molecule has 8 heteroatoms. The minimum Gasteiger partial charge on any atom is -0.379 e. The highest BCUT2D eigenvalue weighted by Crippen LogP contribution is 2.32. The Balaban J connectivity index is 1.09. The summed E-state index contributed by atoms with van der Waals surface area (Å²) in [5.74, 6) is 0.736. The van der Waals surface area contributed by atoms with E-state index in [2.05, 4.69) is 25.9 Å². The Morgan fingerprint density at radius 1 is 0.933 bits per heavy atom. The molecular formula is C22H40FN5O2. The van der Waals surface area contributed by atoms with E-state index in [1.807, 2.05) is 0 Å². The molecule has 0 aromatic rings. The Hall–Kier alpha value is -0.350. The molecule has 4 aliphatic heterocycles. The molecule has 0 amide bonds. The van der Waals surface area contributed by atoms with Crippen molar-refractivity contribution in [3.05, 3.63) is 0 Å². The van der Waals surface area contributed by atoms with Gasteiger partial charge in [-0.05, 0) is 45.1 Å². The molecule has 5 aliphatic rings. The molecule has 0 radical (unpaired) electrons. The van der Waals surface area contributed by atoms with Gasteiger partial charge in [-0.25, -0.2) is 4.39 Å². The third-order valence-electron chi connectivity index (χ3n) is 8.10. The van der Waals surface area contributed by atoms with E-state index in [-0.39, 0.29) is 18.3 Å². The SMILES string of the molecule is FC1CCCCC1CN1CCC[C@H]1C1NC(C2CCC(N3CCOCC3)NC2)NO1. The molecule has 3 N–H and O–H groups in total. The standard InChI is InChI=1S/C22H40FN5O2/c23-18-5-2-1-4-17(18)15-28-9-3-6-19(28)22-25-21(26-30-22)16-7-8-20(24-14-16)27-10-12-29-13-11-27/h16-22,24-26H,1-15H2/t16?,17?,18?,19-,20?,21?,22?/m0/s1. The summed E-state index contributed by atoms with van der Waals surface area (Å²) in [5.41, 5.74) is 3.30. The van der Waals surface area contributed by atoms with E-state index in [4.69, 9.17) is 9.57 Å². The van der Waals surface area contributed by atoms with Crippen molar-refractivity contribution in [2.75, 3.05) is 45.9 Å². The van der Waals surface area contributed by atoms with Crippen LogP contribution in [0.25, 0.3) is 0 Å². The van der Waals surface area contributed by atoms with Crippen molar-refractivity contribution in [2.45, 2.75) is 82.1 Å². The fourth-order valence-corrected chi connectivity index (χ4v) is 6.25. The number of hydroxylamine groups is 1. The van der Waals surface area contributed by atoms with Crippen molar-refractivity contribution in [3.63, 3.8) is 0 Å². The van der Waals surface area contributed by atoms with Crippen LogP contribution in [0.1, 0.15) is 51.4 Å². The Labute approximate surface area is 180 Å². The van der Waals surface area contributed by atoms with Gasteiger partial charge in [0.2, 0.25) is 0 Å². The fourth-order valence-electron chi connectivity index (χ4n) is 6.25. The highest BCUT2D eigenvalue weighted by Gasteiger charge is 2.42. The largest absolute Gasteiger partial charge is 0.379 e. The third-order valence-corrected chi connectivity index (χ3v) is 8.10. The number of halogens is 1. The van der Waals surface area contributed by atoms with E-state index in [1.165, 1.54) is 25.7 Å². The third kappa shape index (κ3) is 4.85. The van der Waals surface area contributed by atoms with E-state index in [1.54, 1.807) is 0 Å². The van der Waals surface area contributed by atoms with Crippen molar-refractivity contribution in [3.8, 4) is 0 Å². The molecule has 4 heterocycles. The average molecular weight is 426 g/mol. The molecule has 1 saturated carbocycles. The zero-order valence-corrected chi connectivity index (χ0v) is 18.2. The van der Waals surface area contributed by atoms with E-state index >= 15 is 0 Å². The summed E-state index contributed by atoms with van der Waals surface area (Å²) in [7, 11) is 0. The lowest BCUT2D eigenvalue weighted by molar-refractivity contribution is -0.0313. The molecule has 5 fully saturated rings. The highest BCUT2D eigenvalue weighted by atomic mass is 19.1. The maximum Gasteiger partial charge on any atom is 0.146 e. The van der Waals surface area contributed by atoms with Gasteiger partial charge in [-0.15, -0.1) is 0 Å². The first kappa shape index (κ1) is 21.5. The Kier molecular flexibility index (Phi) is 7.21. The quantitative estimate of drug-likeness (QED) is 0.616. The lowest BCUT2D eigenvalue weighted by Crippen LogP contribution is -2.57. The molecule has 30 heavy (non-hydrogen) atoms. The zero-order chi connectivity index (χ0) is 20.3. The van der Waals surface area contributed by atoms with Crippen LogP contribution < -0.4 is 16.1 Å². The van der Waals surface area contributed by atoms with Gasteiger partial charge < -0.3 is 10.1 Å². The maximum absolute atomic E-state index is 14.4. The van der Waals surface area contributed by atoms with Gasteiger partial charge in [0.05, 0.1) is 31.6 Å². The number of rotatable bonds is 5. The van der Waals surface area contributed by atoms with Crippen LogP contribution in [0.2, 0.25) is 0 Å². The second-order valence-electron chi connectivity index (χ2n) is 9.98. The number of hydrogen-bond donors (Lipinski definition) is 3. The summed E-state index contributed by atoms with van der Waals surface area (Å²) >= 11 is 0. The molecule has 172 valence electrons.